The van der Waals surface area contributed by atoms with Gasteiger partial charge in [-0.15, -0.1) is 0 Å². The van der Waals surface area contributed by atoms with Crippen LogP contribution in [0.2, 0.25) is 0 Å². The van der Waals surface area contributed by atoms with E-state index in [4.69, 9.17) is 4.74 Å². The quantitative estimate of drug-likeness (QED) is 0.757. The van der Waals surface area contributed by atoms with Gasteiger partial charge >= 0.3 is 0 Å². The minimum Gasteiger partial charge on any atom is -0.494 e. The van der Waals surface area contributed by atoms with E-state index in [2.05, 4.69) is 0 Å². The zero-order valence-corrected chi connectivity index (χ0v) is 12.5. The lowest BCUT2D eigenvalue weighted by Crippen LogP contribution is -2.10. The largest absolute Gasteiger partial charge is 0.494 e. The van der Waals surface area contributed by atoms with Crippen molar-refractivity contribution in [2.75, 3.05) is 18.1 Å². The average molecular weight is 296 g/mol. The Balaban J connectivity index is 1.92. The van der Waals surface area contributed by atoms with E-state index in [1.807, 2.05) is 6.92 Å². The Morgan fingerprint density at radius 3 is 2.55 bits per heavy atom. The first-order valence-corrected chi connectivity index (χ1v) is 8.79. The van der Waals surface area contributed by atoms with E-state index in [1.165, 1.54) is 0 Å². The molecule has 0 aliphatic carbocycles. The second kappa shape index (κ2) is 6.39. The van der Waals surface area contributed by atoms with Crippen molar-refractivity contribution in [1.82, 2.24) is 0 Å². The maximum absolute atomic E-state index is 12.1. The number of carbonyl (C=O) groups excluding carboxylic acids is 1. The molecule has 1 saturated heterocycles. The Hall–Kier alpha value is -1.36. The number of carbonyl (C=O) groups is 1. The summed E-state index contributed by atoms with van der Waals surface area (Å²) in [6.07, 6.45) is 1.86. The first kappa shape index (κ1) is 15.0. The number of sulfone groups is 1. The van der Waals surface area contributed by atoms with Crippen LogP contribution in [-0.4, -0.2) is 32.3 Å². The molecule has 0 bridgehead atoms. The molecule has 0 aromatic heterocycles. The Morgan fingerprint density at radius 1 is 1.30 bits per heavy atom. The predicted octanol–water partition coefficient (Wildman–Crippen LogP) is 2.48. The SMILES string of the molecule is CCCOc1ccc(C(=O)CC2CCS(=O)(=O)C2)cc1. The summed E-state index contributed by atoms with van der Waals surface area (Å²) >= 11 is 0. The molecule has 0 amide bonds. The maximum Gasteiger partial charge on any atom is 0.163 e. The molecule has 1 heterocycles. The van der Waals surface area contributed by atoms with Crippen LogP contribution in [0, 0.1) is 5.92 Å². The smallest absolute Gasteiger partial charge is 0.163 e. The fraction of sp³-hybridized carbons (Fsp3) is 0.533. The fourth-order valence-electron chi connectivity index (χ4n) is 2.37. The van der Waals surface area contributed by atoms with Crippen molar-refractivity contribution in [2.45, 2.75) is 26.2 Å². The monoisotopic (exact) mass is 296 g/mol. The van der Waals surface area contributed by atoms with Crippen molar-refractivity contribution in [3.63, 3.8) is 0 Å². The molecule has 1 aliphatic rings. The lowest BCUT2D eigenvalue weighted by Gasteiger charge is -2.08. The van der Waals surface area contributed by atoms with E-state index in [0.29, 0.717) is 25.0 Å². The highest BCUT2D eigenvalue weighted by Gasteiger charge is 2.29. The molecule has 0 saturated carbocycles. The number of Topliss-reactive ketones (excluding diaryl/α,β-unsaturated/α-hetero) is 1. The summed E-state index contributed by atoms with van der Waals surface area (Å²) in [4.78, 5) is 12.1. The Morgan fingerprint density at radius 2 is 2.00 bits per heavy atom. The number of rotatable bonds is 6. The summed E-state index contributed by atoms with van der Waals surface area (Å²) in [5.41, 5.74) is 0.623. The molecule has 1 aromatic rings. The van der Waals surface area contributed by atoms with E-state index in [-0.39, 0.29) is 23.2 Å². The molecule has 0 N–H and O–H groups in total. The molecular weight excluding hydrogens is 276 g/mol. The molecule has 0 radical (unpaired) electrons. The molecule has 0 spiro atoms. The number of ether oxygens (including phenoxy) is 1. The topological polar surface area (TPSA) is 60.4 Å². The third-order valence-corrected chi connectivity index (χ3v) is 5.29. The molecule has 110 valence electrons. The van der Waals surface area contributed by atoms with Crippen LogP contribution >= 0.6 is 0 Å². The predicted molar refractivity (Wildman–Crippen MR) is 77.9 cm³/mol. The van der Waals surface area contributed by atoms with Crippen molar-refractivity contribution in [1.29, 1.82) is 0 Å². The van der Waals surface area contributed by atoms with Gasteiger partial charge in [-0.2, -0.15) is 0 Å². The third kappa shape index (κ3) is 4.07. The third-order valence-electron chi connectivity index (χ3n) is 3.45. The zero-order valence-electron chi connectivity index (χ0n) is 11.7. The van der Waals surface area contributed by atoms with Crippen LogP contribution in [0.15, 0.2) is 24.3 Å². The molecular formula is C15H20O4S. The standard InChI is InChI=1S/C15H20O4S/c1-2-8-19-14-5-3-13(4-6-14)15(16)10-12-7-9-20(17,18)11-12/h3-6,12H,2,7-11H2,1H3. The van der Waals surface area contributed by atoms with Gasteiger partial charge in [-0.05, 0) is 43.0 Å². The number of hydrogen-bond acceptors (Lipinski definition) is 4. The van der Waals surface area contributed by atoms with Gasteiger partial charge in [0, 0.05) is 12.0 Å². The summed E-state index contributed by atoms with van der Waals surface area (Å²) in [6.45, 7) is 2.70. The van der Waals surface area contributed by atoms with E-state index in [1.54, 1.807) is 24.3 Å². The number of benzene rings is 1. The highest BCUT2D eigenvalue weighted by Crippen LogP contribution is 2.24. The normalized spacial score (nSPS) is 20.8. The highest BCUT2D eigenvalue weighted by atomic mass is 32.2. The van der Waals surface area contributed by atoms with Crippen molar-refractivity contribution in [3.05, 3.63) is 29.8 Å². The summed E-state index contributed by atoms with van der Waals surface area (Å²) in [7, 11) is -2.91. The van der Waals surface area contributed by atoms with Gasteiger partial charge in [-0.25, -0.2) is 8.42 Å². The van der Waals surface area contributed by atoms with Crippen LogP contribution in [0.4, 0.5) is 0 Å². The van der Waals surface area contributed by atoms with Gasteiger partial charge in [0.05, 0.1) is 18.1 Å². The van der Waals surface area contributed by atoms with Crippen LogP contribution < -0.4 is 4.74 Å². The average Bonchev–Trinajstić information content (AvgIpc) is 2.76. The lowest BCUT2D eigenvalue weighted by atomic mass is 9.98. The fourth-order valence-corrected chi connectivity index (χ4v) is 4.23. The first-order valence-electron chi connectivity index (χ1n) is 6.96. The van der Waals surface area contributed by atoms with Crippen LogP contribution in [0.1, 0.15) is 36.5 Å². The minimum absolute atomic E-state index is 0.00846. The maximum atomic E-state index is 12.1. The molecule has 1 unspecified atom stereocenters. The molecule has 1 aromatic carbocycles. The Kier molecular flexibility index (Phi) is 4.81. The Bertz CT molecular complexity index is 560. The van der Waals surface area contributed by atoms with Gasteiger partial charge in [0.15, 0.2) is 15.6 Å². The van der Waals surface area contributed by atoms with Crippen LogP contribution in [0.25, 0.3) is 0 Å². The van der Waals surface area contributed by atoms with Gasteiger partial charge < -0.3 is 4.74 Å². The first-order chi connectivity index (χ1) is 9.50. The number of hydrogen-bond donors (Lipinski definition) is 0. The molecule has 20 heavy (non-hydrogen) atoms. The molecule has 5 heteroatoms. The van der Waals surface area contributed by atoms with Gasteiger partial charge in [0.2, 0.25) is 0 Å². The van der Waals surface area contributed by atoms with Crippen LogP contribution in [-0.2, 0) is 9.84 Å². The van der Waals surface area contributed by atoms with Gasteiger partial charge in [0.25, 0.3) is 0 Å². The van der Waals surface area contributed by atoms with Crippen molar-refractivity contribution in [2.24, 2.45) is 5.92 Å². The van der Waals surface area contributed by atoms with Crippen LogP contribution in [0.3, 0.4) is 0 Å². The Labute approximate surface area is 120 Å². The van der Waals surface area contributed by atoms with E-state index in [0.717, 1.165) is 12.2 Å². The second-order valence-electron chi connectivity index (χ2n) is 5.27. The molecule has 4 nitrogen and oxygen atoms in total. The van der Waals surface area contributed by atoms with E-state index < -0.39 is 9.84 Å². The number of ketones is 1. The van der Waals surface area contributed by atoms with E-state index >= 15 is 0 Å². The molecule has 1 aliphatic heterocycles. The summed E-state index contributed by atoms with van der Waals surface area (Å²) in [5.74, 6) is 1.11. The molecule has 1 fully saturated rings. The van der Waals surface area contributed by atoms with E-state index in [9.17, 15) is 13.2 Å². The summed E-state index contributed by atoms with van der Waals surface area (Å²) < 4.78 is 28.2. The molecule has 2 rings (SSSR count). The zero-order chi connectivity index (χ0) is 14.6. The lowest BCUT2D eigenvalue weighted by molar-refractivity contribution is 0.0965. The molecule has 1 atom stereocenters. The van der Waals surface area contributed by atoms with Crippen molar-refractivity contribution in [3.8, 4) is 5.75 Å². The van der Waals surface area contributed by atoms with Gasteiger partial charge in [-0.3, -0.25) is 4.79 Å². The minimum atomic E-state index is -2.91. The van der Waals surface area contributed by atoms with Crippen LogP contribution in [0.5, 0.6) is 5.75 Å². The summed E-state index contributed by atoms with van der Waals surface area (Å²) in [6, 6.07) is 7.07. The summed E-state index contributed by atoms with van der Waals surface area (Å²) in [5, 5.41) is 0. The van der Waals surface area contributed by atoms with Gasteiger partial charge in [0.1, 0.15) is 5.75 Å². The van der Waals surface area contributed by atoms with Crippen molar-refractivity contribution < 1.29 is 17.9 Å². The van der Waals surface area contributed by atoms with Gasteiger partial charge in [-0.1, -0.05) is 6.92 Å². The van der Waals surface area contributed by atoms with Crippen molar-refractivity contribution >= 4 is 15.6 Å². The highest BCUT2D eigenvalue weighted by molar-refractivity contribution is 7.91. The second-order valence-corrected chi connectivity index (χ2v) is 7.50.